The number of halogens is 1. The SMILES string of the molecule is O=C(c1ccco1)S(=O)(=O)CCl. The van der Waals surface area contributed by atoms with Crippen LogP contribution in [0, 0.1) is 0 Å². The standard InChI is InChI=1S/C6H5ClO4S/c7-4-12(9,10)6(8)5-2-1-3-11-5/h1-3H,4H2. The minimum absolute atomic E-state index is 0.212. The van der Waals surface area contributed by atoms with Crippen molar-refractivity contribution < 1.29 is 17.6 Å². The smallest absolute Gasteiger partial charge is 0.312 e. The first-order chi connectivity index (χ1) is 5.58. The Hall–Kier alpha value is -0.810. The van der Waals surface area contributed by atoms with Gasteiger partial charge >= 0.3 is 5.12 Å². The lowest BCUT2D eigenvalue weighted by Gasteiger charge is -1.93. The molecular formula is C6H5ClO4S. The van der Waals surface area contributed by atoms with E-state index in [0.29, 0.717) is 0 Å². The fourth-order valence-corrected chi connectivity index (χ4v) is 1.42. The van der Waals surface area contributed by atoms with Crippen molar-refractivity contribution in [3.8, 4) is 0 Å². The minimum Gasteiger partial charge on any atom is -0.460 e. The van der Waals surface area contributed by atoms with Crippen molar-refractivity contribution in [3.05, 3.63) is 24.2 Å². The molecule has 0 aliphatic heterocycles. The fraction of sp³-hybridized carbons (Fsp3) is 0.167. The van der Waals surface area contributed by atoms with E-state index in [9.17, 15) is 13.2 Å². The summed E-state index contributed by atoms with van der Waals surface area (Å²) in [6.07, 6.45) is 1.22. The molecule has 0 aromatic carbocycles. The van der Waals surface area contributed by atoms with Gasteiger partial charge in [0.15, 0.2) is 5.76 Å². The summed E-state index contributed by atoms with van der Waals surface area (Å²) in [5.41, 5.74) is 0. The molecule has 1 aromatic rings. The van der Waals surface area contributed by atoms with Gasteiger partial charge in [0.25, 0.3) is 0 Å². The maximum atomic E-state index is 11.0. The first-order valence-corrected chi connectivity index (χ1v) is 5.13. The number of carbonyl (C=O) groups excluding carboxylic acids is 1. The zero-order valence-electron chi connectivity index (χ0n) is 5.86. The molecule has 0 saturated carbocycles. The normalized spacial score (nSPS) is 11.4. The van der Waals surface area contributed by atoms with Gasteiger partial charge in [0.2, 0.25) is 9.84 Å². The molecule has 0 aliphatic rings. The summed E-state index contributed by atoms with van der Waals surface area (Å²) < 4.78 is 26.3. The van der Waals surface area contributed by atoms with Crippen LogP contribution in [0.15, 0.2) is 22.8 Å². The highest BCUT2D eigenvalue weighted by Gasteiger charge is 2.24. The minimum atomic E-state index is -3.89. The van der Waals surface area contributed by atoms with Gasteiger partial charge in [0, 0.05) is 0 Å². The lowest BCUT2D eigenvalue weighted by Crippen LogP contribution is -2.14. The Kier molecular flexibility index (Phi) is 2.54. The Labute approximate surface area is 74.0 Å². The van der Waals surface area contributed by atoms with Crippen molar-refractivity contribution in [2.45, 2.75) is 0 Å². The summed E-state index contributed by atoms with van der Waals surface area (Å²) in [5.74, 6) is -0.212. The van der Waals surface area contributed by atoms with E-state index < -0.39 is 20.2 Å². The third kappa shape index (κ3) is 1.67. The Morgan fingerprint density at radius 2 is 2.25 bits per heavy atom. The van der Waals surface area contributed by atoms with E-state index in [1.807, 2.05) is 0 Å². The number of hydrogen-bond donors (Lipinski definition) is 0. The molecule has 1 rings (SSSR count). The van der Waals surface area contributed by atoms with Crippen LogP contribution in [-0.4, -0.2) is 18.7 Å². The molecule has 0 spiro atoms. The van der Waals surface area contributed by atoms with Crippen LogP contribution in [0.25, 0.3) is 0 Å². The van der Waals surface area contributed by atoms with Crippen molar-refractivity contribution in [1.29, 1.82) is 0 Å². The van der Waals surface area contributed by atoms with E-state index in [1.54, 1.807) is 0 Å². The number of alkyl halides is 1. The molecule has 1 heterocycles. The molecule has 1 aromatic heterocycles. The second kappa shape index (κ2) is 3.28. The average molecular weight is 209 g/mol. The maximum Gasteiger partial charge on any atom is 0.312 e. The molecule has 0 amide bonds. The molecule has 0 fully saturated rings. The molecule has 0 bridgehead atoms. The summed E-state index contributed by atoms with van der Waals surface area (Å²) in [6.45, 7) is 0. The van der Waals surface area contributed by atoms with Gasteiger partial charge in [-0.25, -0.2) is 8.42 Å². The summed E-state index contributed by atoms with van der Waals surface area (Å²) in [4.78, 5) is 11.0. The highest BCUT2D eigenvalue weighted by Crippen LogP contribution is 2.08. The molecule has 6 heteroatoms. The van der Waals surface area contributed by atoms with E-state index in [-0.39, 0.29) is 5.76 Å². The predicted octanol–water partition coefficient (Wildman–Crippen LogP) is 1.03. The van der Waals surface area contributed by atoms with Gasteiger partial charge in [-0.1, -0.05) is 0 Å². The van der Waals surface area contributed by atoms with Crippen LogP contribution in [0.2, 0.25) is 0 Å². The number of furan rings is 1. The second-order valence-corrected chi connectivity index (χ2v) is 4.46. The van der Waals surface area contributed by atoms with Gasteiger partial charge in [-0.15, -0.1) is 11.6 Å². The van der Waals surface area contributed by atoms with Crippen molar-refractivity contribution >= 4 is 26.6 Å². The molecule has 66 valence electrons. The molecule has 0 saturated heterocycles. The van der Waals surface area contributed by atoms with Gasteiger partial charge in [-0.3, -0.25) is 4.79 Å². The lowest BCUT2D eigenvalue weighted by atomic mass is 10.5. The molecule has 12 heavy (non-hydrogen) atoms. The summed E-state index contributed by atoms with van der Waals surface area (Å²) >= 11 is 5.05. The van der Waals surface area contributed by atoms with Crippen molar-refractivity contribution in [2.24, 2.45) is 0 Å². The topological polar surface area (TPSA) is 64.3 Å². The molecule has 0 N–H and O–H groups in total. The molecular weight excluding hydrogens is 204 g/mol. The van der Waals surface area contributed by atoms with E-state index in [2.05, 4.69) is 4.42 Å². The van der Waals surface area contributed by atoms with Crippen molar-refractivity contribution in [1.82, 2.24) is 0 Å². The van der Waals surface area contributed by atoms with Gasteiger partial charge in [-0.05, 0) is 12.1 Å². The van der Waals surface area contributed by atoms with Crippen LogP contribution in [0.5, 0.6) is 0 Å². The predicted molar refractivity (Wildman–Crippen MR) is 42.7 cm³/mol. The van der Waals surface area contributed by atoms with Crippen LogP contribution in [0.3, 0.4) is 0 Å². The first-order valence-electron chi connectivity index (χ1n) is 2.94. The quantitative estimate of drug-likeness (QED) is 0.681. The van der Waals surface area contributed by atoms with E-state index >= 15 is 0 Å². The first kappa shape index (κ1) is 9.28. The molecule has 0 aliphatic carbocycles. The number of hydrogen-bond acceptors (Lipinski definition) is 4. The van der Waals surface area contributed by atoms with Gasteiger partial charge in [-0.2, -0.15) is 0 Å². The van der Waals surface area contributed by atoms with E-state index in [1.165, 1.54) is 18.4 Å². The average Bonchev–Trinajstić information content (AvgIpc) is 2.55. The third-order valence-corrected chi connectivity index (χ3v) is 3.06. The van der Waals surface area contributed by atoms with Gasteiger partial charge in [0.05, 0.1) is 6.26 Å². The third-order valence-electron chi connectivity index (χ3n) is 1.15. The Bertz CT molecular complexity index is 364. The van der Waals surface area contributed by atoms with Crippen LogP contribution < -0.4 is 0 Å². The second-order valence-electron chi connectivity index (χ2n) is 1.99. The molecule has 0 radical (unpaired) electrons. The van der Waals surface area contributed by atoms with Crippen LogP contribution in [0.4, 0.5) is 0 Å². The Balaban J connectivity index is 3.03. The highest BCUT2D eigenvalue weighted by atomic mass is 35.5. The van der Waals surface area contributed by atoms with E-state index in [0.717, 1.165) is 0 Å². The van der Waals surface area contributed by atoms with Gasteiger partial charge in [0.1, 0.15) is 5.21 Å². The van der Waals surface area contributed by atoms with Crippen molar-refractivity contribution in [3.63, 3.8) is 0 Å². The summed E-state index contributed by atoms with van der Waals surface area (Å²) in [7, 11) is -3.89. The van der Waals surface area contributed by atoms with Crippen LogP contribution in [0.1, 0.15) is 10.6 Å². The zero-order valence-corrected chi connectivity index (χ0v) is 7.43. The number of sulfone groups is 1. The van der Waals surface area contributed by atoms with Crippen LogP contribution in [-0.2, 0) is 9.84 Å². The monoisotopic (exact) mass is 208 g/mol. The molecule has 0 unspecified atom stereocenters. The Morgan fingerprint density at radius 3 is 2.67 bits per heavy atom. The van der Waals surface area contributed by atoms with Crippen LogP contribution >= 0.6 is 11.6 Å². The molecule has 0 atom stereocenters. The van der Waals surface area contributed by atoms with Gasteiger partial charge < -0.3 is 4.42 Å². The zero-order chi connectivity index (χ0) is 9.19. The van der Waals surface area contributed by atoms with Crippen molar-refractivity contribution in [2.75, 3.05) is 5.21 Å². The maximum absolute atomic E-state index is 11.0. The number of carbonyl (C=O) groups is 1. The fourth-order valence-electron chi connectivity index (χ4n) is 0.598. The summed E-state index contributed by atoms with van der Waals surface area (Å²) in [5, 5.41) is -1.81. The van der Waals surface area contributed by atoms with E-state index in [4.69, 9.17) is 11.6 Å². The summed E-state index contributed by atoms with van der Waals surface area (Å²) in [6, 6.07) is 2.70. The largest absolute Gasteiger partial charge is 0.460 e. The Morgan fingerprint density at radius 1 is 1.58 bits per heavy atom. The molecule has 4 nitrogen and oxygen atoms in total. The number of rotatable bonds is 2. The highest BCUT2D eigenvalue weighted by molar-refractivity contribution is 8.07. The lowest BCUT2D eigenvalue weighted by molar-refractivity contribution is 0.105.